The zero-order valence-electron chi connectivity index (χ0n) is 55.4. The number of hydrogen-bond donors (Lipinski definition) is 0. The van der Waals surface area contributed by atoms with Crippen LogP contribution in [0.1, 0.15) is 86.0 Å². The summed E-state index contributed by atoms with van der Waals surface area (Å²) in [5.74, 6) is 0. The minimum atomic E-state index is -0.561. The Labute approximate surface area is 430 Å². The molecule has 0 aliphatic rings. The molecule has 13 aromatic rings. The van der Waals surface area contributed by atoms with Crippen LogP contribution in [0.4, 0.5) is 34.1 Å². The largest absolute Gasteiger partial charge is 0.310 e. The molecule has 0 aliphatic heterocycles. The van der Waals surface area contributed by atoms with Gasteiger partial charge in [-0.3, -0.25) is 0 Å². The Morgan fingerprint density at radius 1 is 0.314 bits per heavy atom. The highest BCUT2D eigenvalue weighted by molar-refractivity contribution is 6.32. The van der Waals surface area contributed by atoms with E-state index in [1.807, 2.05) is 141 Å². The third-order valence-corrected chi connectivity index (χ3v) is 15.8. The van der Waals surface area contributed by atoms with Crippen molar-refractivity contribution in [3.8, 4) is 0 Å². The zero-order valence-corrected chi connectivity index (χ0v) is 41.4. The number of nitrogens with zero attached hydrogens (tertiary/aromatic N) is 4. The van der Waals surface area contributed by atoms with Crippen LogP contribution in [0.5, 0.6) is 0 Å². The summed E-state index contributed by atoms with van der Waals surface area (Å²) in [4.78, 5) is 3.76. The summed E-state index contributed by atoms with van der Waals surface area (Å²) in [5, 5.41) is 0.511. The Kier molecular flexibility index (Phi) is 6.35. The van der Waals surface area contributed by atoms with Crippen molar-refractivity contribution in [3.05, 3.63) is 200 Å². The van der Waals surface area contributed by atoms with Crippen LogP contribution in [0, 0.1) is 83.1 Å². The van der Waals surface area contributed by atoms with Gasteiger partial charge in [0.05, 0.1) is 63.7 Å². The van der Waals surface area contributed by atoms with Crippen molar-refractivity contribution in [2.24, 2.45) is 0 Å². The molecule has 0 radical (unpaired) electrons. The lowest BCUT2D eigenvalue weighted by Gasteiger charge is -2.29. The maximum Gasteiger partial charge on any atom is 0.0653 e. The first-order valence-electron chi connectivity index (χ1n) is 30.8. The lowest BCUT2D eigenvalue weighted by molar-refractivity contribution is 1.20. The zero-order chi connectivity index (χ0) is 60.5. The molecule has 4 heterocycles. The fourth-order valence-electron chi connectivity index (χ4n) is 11.1. The molecule has 9 aromatic carbocycles. The van der Waals surface area contributed by atoms with Gasteiger partial charge in [-0.05, 0) is 235 Å². The summed E-state index contributed by atoms with van der Waals surface area (Å²) in [7, 11) is 0. The lowest BCUT2D eigenvalue weighted by atomic mass is 9.98. The third-order valence-electron chi connectivity index (χ3n) is 15.8. The van der Waals surface area contributed by atoms with Crippen molar-refractivity contribution < 1.29 is 19.2 Å². The van der Waals surface area contributed by atoms with Crippen molar-refractivity contribution in [1.82, 2.24) is 8.80 Å². The van der Waals surface area contributed by atoms with Crippen molar-refractivity contribution in [3.63, 3.8) is 0 Å². The molecule has 0 N–H and O–H groups in total. The molecule has 0 atom stereocenters. The van der Waals surface area contributed by atoms with Crippen molar-refractivity contribution in [1.29, 1.82) is 0 Å². The van der Waals surface area contributed by atoms with E-state index in [0.717, 1.165) is 66.8 Å². The minimum absolute atomic E-state index is 0.00644. The fourth-order valence-corrected chi connectivity index (χ4v) is 11.1. The molecule has 0 fully saturated rings. The van der Waals surface area contributed by atoms with Crippen LogP contribution >= 0.6 is 0 Å². The van der Waals surface area contributed by atoms with Crippen LogP contribution in [0.3, 0.4) is 0 Å². The van der Waals surface area contributed by atoms with Gasteiger partial charge in [-0.2, -0.15) is 0 Å². The lowest BCUT2D eigenvalue weighted by Crippen LogP contribution is -2.12. The number of para-hydroxylation sites is 2. The summed E-state index contributed by atoms with van der Waals surface area (Å²) >= 11 is 0. The Balaban J connectivity index is 1.29. The highest BCUT2D eigenvalue weighted by atomic mass is 15.2. The summed E-state index contributed by atoms with van der Waals surface area (Å²) in [5.41, 5.74) is 14.9. The average Bonchev–Trinajstić information content (AvgIpc) is 1.52. The summed E-state index contributed by atoms with van der Waals surface area (Å²) < 4.78 is 141. The number of fused-ring (bicyclic) bond motifs is 12. The van der Waals surface area contributed by atoms with Crippen molar-refractivity contribution >= 4 is 110 Å². The first kappa shape index (κ1) is 29.9. The quantitative estimate of drug-likeness (QED) is 0.165. The van der Waals surface area contributed by atoms with Crippen LogP contribution in [0.15, 0.2) is 133 Å². The number of benzene rings is 9. The Bertz CT molecular complexity index is 4700. The number of anilines is 6. The van der Waals surface area contributed by atoms with Gasteiger partial charge in [0.2, 0.25) is 0 Å². The molecule has 0 bridgehead atoms. The molecule has 13 rings (SSSR count). The molecular weight excluding hydrogens is 849 g/mol. The average molecular weight is 921 g/mol. The number of aryl methyl sites for hydroxylation is 8. The maximum atomic E-state index is 10.7. The van der Waals surface area contributed by atoms with E-state index >= 15 is 0 Å². The van der Waals surface area contributed by atoms with Crippen LogP contribution in [-0.4, -0.2) is 8.80 Å². The monoisotopic (exact) mass is 921 g/mol. The van der Waals surface area contributed by atoms with E-state index in [4.69, 9.17) is 5.48 Å². The maximum absolute atomic E-state index is 10.7. The first-order valence-corrected chi connectivity index (χ1v) is 23.8. The van der Waals surface area contributed by atoms with E-state index in [1.54, 1.807) is 0 Å². The Morgan fingerprint density at radius 3 is 0.900 bits per heavy atom. The van der Waals surface area contributed by atoms with E-state index in [9.17, 15) is 13.7 Å². The number of aromatic nitrogens is 2. The van der Waals surface area contributed by atoms with E-state index in [2.05, 4.69) is 0 Å². The highest BCUT2D eigenvalue weighted by Gasteiger charge is 2.29. The predicted octanol–water partition coefficient (Wildman–Crippen LogP) is 18.6. The van der Waals surface area contributed by atoms with E-state index in [1.165, 1.54) is 8.80 Å². The Hall–Kier alpha value is -7.82. The van der Waals surface area contributed by atoms with Gasteiger partial charge in [-0.1, -0.05) is 48.3 Å². The number of rotatable bonds is 6. The third kappa shape index (κ3) is 5.71. The second-order valence-electron chi connectivity index (χ2n) is 19.7. The van der Waals surface area contributed by atoms with Gasteiger partial charge in [0.1, 0.15) is 0 Å². The summed E-state index contributed by atoms with van der Waals surface area (Å²) in [6.07, 6.45) is 0. The van der Waals surface area contributed by atoms with Gasteiger partial charge in [-0.15, -0.1) is 0 Å². The van der Waals surface area contributed by atoms with E-state index < -0.39 is 48.3 Å². The molecule has 0 amide bonds. The van der Waals surface area contributed by atoms with E-state index in [0.29, 0.717) is 22.7 Å². The Morgan fingerprint density at radius 2 is 0.600 bits per heavy atom. The molecule has 0 spiro atoms. The second kappa shape index (κ2) is 14.8. The van der Waals surface area contributed by atoms with Gasteiger partial charge in [0.15, 0.2) is 0 Å². The molecule has 4 heteroatoms. The normalized spacial score (nSPS) is 15.1. The molecule has 342 valence electrons. The molecule has 4 nitrogen and oxygen atoms in total. The fraction of sp³-hybridized carbons (Fsp3) is 0.182. The molecule has 0 saturated heterocycles. The summed E-state index contributed by atoms with van der Waals surface area (Å²) in [6.45, 7) is 24.1. The van der Waals surface area contributed by atoms with Crippen LogP contribution in [0.2, 0.25) is 0 Å². The first-order chi connectivity index (χ1) is 39.5. The van der Waals surface area contributed by atoms with Gasteiger partial charge in [-0.25, -0.2) is 0 Å². The highest BCUT2D eigenvalue weighted by Crippen LogP contribution is 2.52. The standard InChI is InChI=1S/C66H58N4/c1-35-25-47(26-36(2)43(35)9)67(48-27-37(3)44(10)38(4)28-48)59-23-21-51-55-33-62-56(34-61(55)69-57-19-15-13-17-53(57)63(59)65(51)69)52-22-24-60(64-54-18-14-16-20-58(54)70(62)66(52)64)68(49-29-39(5)45(11)40(6)30-49)50-31-41(7)46(12)42(8)32-50/h13-34H,1-12H3/i13D,14D,15D,16D,17D,18D,19D,20D,21D,22D,23D,24D,33D,34D. The summed E-state index contributed by atoms with van der Waals surface area (Å²) in [6, 6.07) is 10.1. The van der Waals surface area contributed by atoms with Gasteiger partial charge in [0.25, 0.3) is 0 Å². The van der Waals surface area contributed by atoms with E-state index in [-0.39, 0.29) is 124 Å². The number of hydrogen-bond acceptors (Lipinski definition) is 2. The molecule has 0 saturated carbocycles. The SMILES string of the molecule is [2H]c1c([2H])c([2H])c2c(c1[2H])c1c(N(c3cc(C)c(C)c(C)c3)c3cc(C)c(C)c(C)c3)c([2H])c([2H])c3c4c([2H])c5c(c([2H])c4n2c31)c1c([2H])c([2H])c(N(c2cc(C)c(C)c(C)c2)c2cc(C)c(C)c(C)c2)c2c3c([2H])c([2H])c([2H])c([2H])c3n5c12. The van der Waals surface area contributed by atoms with Gasteiger partial charge in [0, 0.05) is 65.8 Å². The predicted molar refractivity (Wildman–Crippen MR) is 302 cm³/mol. The topological polar surface area (TPSA) is 15.3 Å². The van der Waals surface area contributed by atoms with Crippen LogP contribution in [0.25, 0.3) is 76.2 Å². The molecular formula is C66H58N4. The minimum Gasteiger partial charge on any atom is -0.310 e. The smallest absolute Gasteiger partial charge is 0.0653 e. The van der Waals surface area contributed by atoms with Crippen LogP contribution < -0.4 is 9.80 Å². The molecule has 0 unspecified atom stereocenters. The van der Waals surface area contributed by atoms with Crippen molar-refractivity contribution in [2.75, 3.05) is 9.80 Å². The van der Waals surface area contributed by atoms with Gasteiger partial charge < -0.3 is 18.6 Å². The van der Waals surface area contributed by atoms with Crippen molar-refractivity contribution in [2.45, 2.75) is 83.1 Å². The van der Waals surface area contributed by atoms with Crippen LogP contribution in [-0.2, 0) is 0 Å². The molecule has 70 heavy (non-hydrogen) atoms. The molecule has 0 aliphatic carbocycles. The molecule has 4 aromatic heterocycles. The van der Waals surface area contributed by atoms with Gasteiger partial charge >= 0.3 is 0 Å². The second-order valence-corrected chi connectivity index (χ2v) is 19.7.